The Morgan fingerprint density at radius 2 is 2.12 bits per heavy atom. The van der Waals surface area contributed by atoms with Gasteiger partial charge in [0, 0.05) is 19.6 Å². The van der Waals surface area contributed by atoms with Crippen molar-refractivity contribution in [3.8, 4) is 0 Å². The molecular weight excluding hydrogens is 208 g/mol. The number of carboxylic acids is 1. The molecule has 1 aliphatic carbocycles. The highest BCUT2D eigenvalue weighted by atomic mass is 16.4. The van der Waals surface area contributed by atoms with Crippen molar-refractivity contribution in [1.29, 1.82) is 0 Å². The highest BCUT2D eigenvalue weighted by molar-refractivity contribution is 5.75. The second kappa shape index (κ2) is 6.35. The summed E-state index contributed by atoms with van der Waals surface area (Å²) in [5.41, 5.74) is 0. The first-order valence-electron chi connectivity index (χ1n) is 5.88. The molecule has 0 aromatic heterocycles. The van der Waals surface area contributed by atoms with Crippen LogP contribution in [0.3, 0.4) is 0 Å². The van der Waals surface area contributed by atoms with E-state index in [1.54, 1.807) is 0 Å². The number of nitrogens with one attached hydrogen (secondary N) is 1. The lowest BCUT2D eigenvalue weighted by Gasteiger charge is -2.27. The van der Waals surface area contributed by atoms with Crippen molar-refractivity contribution in [1.82, 2.24) is 10.2 Å². The lowest BCUT2D eigenvalue weighted by atomic mass is 9.85. The Kier molecular flexibility index (Phi) is 5.08. The van der Waals surface area contributed by atoms with E-state index in [1.807, 2.05) is 6.92 Å². The van der Waals surface area contributed by atoms with Gasteiger partial charge in [-0.1, -0.05) is 6.42 Å². The summed E-state index contributed by atoms with van der Waals surface area (Å²) >= 11 is 0. The molecule has 0 spiro atoms. The van der Waals surface area contributed by atoms with Gasteiger partial charge in [0.1, 0.15) is 0 Å². The van der Waals surface area contributed by atoms with E-state index >= 15 is 0 Å². The average molecular weight is 228 g/mol. The number of carbonyl (C=O) groups is 2. The number of urea groups is 1. The van der Waals surface area contributed by atoms with Crippen LogP contribution in [0.5, 0.6) is 0 Å². The fourth-order valence-electron chi connectivity index (χ4n) is 1.67. The fraction of sp³-hybridized carbons (Fsp3) is 0.818. The number of hydrogen-bond acceptors (Lipinski definition) is 2. The maximum absolute atomic E-state index is 11.7. The van der Waals surface area contributed by atoms with Crippen LogP contribution in [-0.4, -0.2) is 41.6 Å². The molecule has 0 atom stereocenters. The number of hydrogen-bond donors (Lipinski definition) is 2. The average Bonchev–Trinajstić information content (AvgIpc) is 2.15. The first-order chi connectivity index (χ1) is 7.63. The molecule has 1 aliphatic rings. The van der Waals surface area contributed by atoms with Gasteiger partial charge in [-0.25, -0.2) is 4.79 Å². The predicted molar refractivity (Wildman–Crippen MR) is 60.2 cm³/mol. The standard InChI is InChI=1S/C11H20N2O3/c1-2-13(7-6-10(14)15)11(16)12-8-9-4-3-5-9/h9H,2-8H2,1H3,(H,12,16)(H,14,15). The fourth-order valence-corrected chi connectivity index (χ4v) is 1.67. The summed E-state index contributed by atoms with van der Waals surface area (Å²) < 4.78 is 0. The van der Waals surface area contributed by atoms with E-state index in [4.69, 9.17) is 5.11 Å². The number of carboxylic acid groups (broad SMARTS) is 1. The van der Waals surface area contributed by atoms with E-state index in [1.165, 1.54) is 24.2 Å². The maximum atomic E-state index is 11.7. The van der Waals surface area contributed by atoms with Crippen LogP contribution in [0.4, 0.5) is 4.79 Å². The van der Waals surface area contributed by atoms with Crippen molar-refractivity contribution in [2.75, 3.05) is 19.6 Å². The largest absolute Gasteiger partial charge is 0.481 e. The second-order valence-corrected chi connectivity index (χ2v) is 4.21. The molecule has 2 amide bonds. The Morgan fingerprint density at radius 1 is 1.44 bits per heavy atom. The summed E-state index contributed by atoms with van der Waals surface area (Å²) in [6.07, 6.45) is 3.66. The molecule has 2 N–H and O–H groups in total. The van der Waals surface area contributed by atoms with Gasteiger partial charge in [0.2, 0.25) is 0 Å². The van der Waals surface area contributed by atoms with Crippen molar-refractivity contribution in [2.45, 2.75) is 32.6 Å². The number of aliphatic carboxylic acids is 1. The van der Waals surface area contributed by atoms with Crippen LogP contribution in [0.25, 0.3) is 0 Å². The SMILES string of the molecule is CCN(CCC(=O)O)C(=O)NCC1CCC1. The molecule has 0 saturated heterocycles. The first-order valence-corrected chi connectivity index (χ1v) is 5.88. The van der Waals surface area contributed by atoms with Crippen LogP contribution in [0.15, 0.2) is 0 Å². The smallest absolute Gasteiger partial charge is 0.317 e. The zero-order valence-corrected chi connectivity index (χ0v) is 9.74. The minimum Gasteiger partial charge on any atom is -0.481 e. The van der Waals surface area contributed by atoms with Gasteiger partial charge in [0.15, 0.2) is 0 Å². The van der Waals surface area contributed by atoms with Crippen LogP contribution in [-0.2, 0) is 4.79 Å². The third-order valence-electron chi connectivity index (χ3n) is 3.03. The van der Waals surface area contributed by atoms with Crippen LogP contribution in [0.2, 0.25) is 0 Å². The zero-order chi connectivity index (χ0) is 12.0. The van der Waals surface area contributed by atoms with Gasteiger partial charge in [0.05, 0.1) is 6.42 Å². The van der Waals surface area contributed by atoms with Gasteiger partial charge < -0.3 is 15.3 Å². The van der Waals surface area contributed by atoms with E-state index in [-0.39, 0.29) is 19.0 Å². The van der Waals surface area contributed by atoms with Crippen LogP contribution >= 0.6 is 0 Å². The van der Waals surface area contributed by atoms with E-state index in [2.05, 4.69) is 5.32 Å². The van der Waals surface area contributed by atoms with Crippen LogP contribution in [0, 0.1) is 5.92 Å². The Labute approximate surface area is 95.8 Å². The highest BCUT2D eigenvalue weighted by Gasteiger charge is 2.19. The predicted octanol–water partition coefficient (Wildman–Crippen LogP) is 1.29. The third-order valence-corrected chi connectivity index (χ3v) is 3.03. The molecule has 0 radical (unpaired) electrons. The molecule has 5 heteroatoms. The Hall–Kier alpha value is -1.26. The van der Waals surface area contributed by atoms with Gasteiger partial charge >= 0.3 is 12.0 Å². The molecule has 92 valence electrons. The van der Waals surface area contributed by atoms with Crippen molar-refractivity contribution < 1.29 is 14.7 Å². The number of amides is 2. The van der Waals surface area contributed by atoms with Crippen molar-refractivity contribution in [2.24, 2.45) is 5.92 Å². The molecule has 0 heterocycles. The van der Waals surface area contributed by atoms with Gasteiger partial charge in [-0.15, -0.1) is 0 Å². The van der Waals surface area contributed by atoms with Crippen molar-refractivity contribution in [3.05, 3.63) is 0 Å². The Bertz CT molecular complexity index is 252. The van der Waals surface area contributed by atoms with Gasteiger partial charge in [-0.05, 0) is 25.7 Å². The van der Waals surface area contributed by atoms with Crippen LogP contribution in [0.1, 0.15) is 32.6 Å². The maximum Gasteiger partial charge on any atom is 0.317 e. The molecule has 16 heavy (non-hydrogen) atoms. The van der Waals surface area contributed by atoms with E-state index < -0.39 is 5.97 Å². The zero-order valence-electron chi connectivity index (χ0n) is 9.74. The topological polar surface area (TPSA) is 69.6 Å². The normalized spacial score (nSPS) is 15.3. The monoisotopic (exact) mass is 228 g/mol. The van der Waals surface area contributed by atoms with E-state index in [9.17, 15) is 9.59 Å². The molecule has 0 unspecified atom stereocenters. The Balaban J connectivity index is 2.21. The molecule has 1 saturated carbocycles. The molecule has 0 aromatic carbocycles. The van der Waals surface area contributed by atoms with Crippen LogP contribution < -0.4 is 5.32 Å². The minimum absolute atomic E-state index is 0.00465. The van der Waals surface area contributed by atoms with E-state index in [0.717, 1.165) is 6.54 Å². The summed E-state index contributed by atoms with van der Waals surface area (Å²) in [4.78, 5) is 23.6. The second-order valence-electron chi connectivity index (χ2n) is 4.21. The number of carbonyl (C=O) groups excluding carboxylic acids is 1. The third kappa shape index (κ3) is 4.08. The summed E-state index contributed by atoms with van der Waals surface area (Å²) in [5, 5.41) is 11.4. The highest BCUT2D eigenvalue weighted by Crippen LogP contribution is 2.25. The summed E-state index contributed by atoms with van der Waals surface area (Å²) in [6.45, 7) is 3.40. The lowest BCUT2D eigenvalue weighted by molar-refractivity contribution is -0.137. The quantitative estimate of drug-likeness (QED) is 0.719. The molecule has 5 nitrogen and oxygen atoms in total. The minimum atomic E-state index is -0.870. The molecule has 0 aliphatic heterocycles. The molecule has 0 bridgehead atoms. The van der Waals surface area contributed by atoms with Gasteiger partial charge in [0.25, 0.3) is 0 Å². The summed E-state index contributed by atoms with van der Waals surface area (Å²) in [5.74, 6) is -0.243. The van der Waals surface area contributed by atoms with E-state index in [0.29, 0.717) is 12.5 Å². The van der Waals surface area contributed by atoms with Gasteiger partial charge in [-0.3, -0.25) is 4.79 Å². The Morgan fingerprint density at radius 3 is 2.56 bits per heavy atom. The molecular formula is C11H20N2O3. The number of rotatable bonds is 6. The number of nitrogens with zero attached hydrogens (tertiary/aromatic N) is 1. The molecule has 0 aromatic rings. The summed E-state index contributed by atoms with van der Waals surface area (Å²) in [7, 11) is 0. The molecule has 1 fully saturated rings. The van der Waals surface area contributed by atoms with Gasteiger partial charge in [-0.2, -0.15) is 0 Å². The first kappa shape index (κ1) is 12.8. The summed E-state index contributed by atoms with van der Waals surface area (Å²) in [6, 6.07) is -0.143. The van der Waals surface area contributed by atoms with Crippen molar-refractivity contribution >= 4 is 12.0 Å². The lowest BCUT2D eigenvalue weighted by Crippen LogP contribution is -2.43. The molecule has 1 rings (SSSR count). The van der Waals surface area contributed by atoms with Crippen molar-refractivity contribution in [3.63, 3.8) is 0 Å².